The van der Waals surface area contributed by atoms with Crippen LogP contribution in [-0.2, 0) is 4.74 Å². The first-order valence-electron chi connectivity index (χ1n) is 5.39. The zero-order chi connectivity index (χ0) is 13.9. The van der Waals surface area contributed by atoms with Crippen LogP contribution in [0.15, 0.2) is 12.1 Å². The predicted molar refractivity (Wildman–Crippen MR) is 63.4 cm³/mol. The number of phenolic OH excluding ortho intramolecular Hbond substituents is 3. The van der Waals surface area contributed by atoms with Gasteiger partial charge < -0.3 is 20.1 Å². The summed E-state index contributed by atoms with van der Waals surface area (Å²) < 4.78 is 4.46. The fourth-order valence-electron chi connectivity index (χ4n) is 2.38. The highest BCUT2D eigenvalue weighted by Crippen LogP contribution is 2.44. The maximum atomic E-state index is 11.7. The monoisotopic (exact) mass is 260 g/mol. The van der Waals surface area contributed by atoms with Crippen LogP contribution < -0.4 is 0 Å². The van der Waals surface area contributed by atoms with Gasteiger partial charge in [-0.1, -0.05) is 0 Å². The van der Waals surface area contributed by atoms with Crippen LogP contribution >= 0.6 is 0 Å². The molecule has 1 aliphatic heterocycles. The van der Waals surface area contributed by atoms with E-state index in [-0.39, 0.29) is 33.4 Å². The molecule has 0 amide bonds. The Morgan fingerprint density at radius 1 is 0.842 bits per heavy atom. The molecule has 0 unspecified atom stereocenters. The largest absolute Gasteiger partial charge is 0.507 e. The van der Waals surface area contributed by atoms with Gasteiger partial charge in [0, 0.05) is 16.8 Å². The molecule has 0 fully saturated rings. The standard InChI is InChI=1S/C13H8O6/c1-4-2-5(14)9-11-8(4)6(15)3-7(16)10(11)13(18)19-12(9)17/h2-3,14-16H,1H3. The first-order valence-corrected chi connectivity index (χ1v) is 5.39. The number of cyclic esters (lactones) is 2. The summed E-state index contributed by atoms with van der Waals surface area (Å²) in [6.07, 6.45) is 0. The van der Waals surface area contributed by atoms with Crippen molar-refractivity contribution in [3.8, 4) is 17.2 Å². The number of hydrogen-bond acceptors (Lipinski definition) is 6. The zero-order valence-corrected chi connectivity index (χ0v) is 9.72. The molecule has 0 aromatic heterocycles. The zero-order valence-electron chi connectivity index (χ0n) is 9.72. The van der Waals surface area contributed by atoms with Crippen LogP contribution in [0.4, 0.5) is 0 Å². The second-order valence-electron chi connectivity index (χ2n) is 4.30. The van der Waals surface area contributed by atoms with E-state index in [0.29, 0.717) is 5.56 Å². The average Bonchev–Trinajstić information content (AvgIpc) is 2.25. The maximum absolute atomic E-state index is 11.7. The summed E-state index contributed by atoms with van der Waals surface area (Å²) in [5, 5.41) is 29.6. The molecule has 0 spiro atoms. The summed E-state index contributed by atoms with van der Waals surface area (Å²) in [6, 6.07) is 2.29. The van der Waals surface area contributed by atoms with Crippen LogP contribution in [0.25, 0.3) is 10.8 Å². The molecule has 3 N–H and O–H groups in total. The summed E-state index contributed by atoms with van der Waals surface area (Å²) in [4.78, 5) is 23.3. The molecule has 0 aliphatic carbocycles. The number of aromatic hydroxyl groups is 3. The van der Waals surface area contributed by atoms with Crippen LogP contribution in [0, 0.1) is 6.92 Å². The summed E-state index contributed by atoms with van der Waals surface area (Å²) in [6.45, 7) is 1.60. The molecule has 19 heavy (non-hydrogen) atoms. The predicted octanol–water partition coefficient (Wildman–Crippen LogP) is 1.58. The second kappa shape index (κ2) is 3.38. The lowest BCUT2D eigenvalue weighted by Crippen LogP contribution is -2.20. The molecular weight excluding hydrogens is 252 g/mol. The third-order valence-electron chi connectivity index (χ3n) is 3.13. The highest BCUT2D eigenvalue weighted by molar-refractivity contribution is 6.24. The van der Waals surface area contributed by atoms with E-state index in [4.69, 9.17) is 0 Å². The van der Waals surface area contributed by atoms with Crippen molar-refractivity contribution in [1.29, 1.82) is 0 Å². The Labute approximate surface area is 106 Å². The number of ether oxygens (including phenoxy) is 1. The summed E-state index contributed by atoms with van der Waals surface area (Å²) in [5.74, 6) is -3.17. The molecular formula is C13H8O6. The Morgan fingerprint density at radius 3 is 1.95 bits per heavy atom. The molecule has 0 saturated heterocycles. The fraction of sp³-hybridized carbons (Fsp3) is 0.0769. The molecule has 0 radical (unpaired) electrons. The first-order chi connectivity index (χ1) is 8.91. The Kier molecular flexibility index (Phi) is 2.02. The van der Waals surface area contributed by atoms with Crippen molar-refractivity contribution in [1.82, 2.24) is 0 Å². The van der Waals surface area contributed by atoms with E-state index in [1.807, 2.05) is 0 Å². The third-order valence-corrected chi connectivity index (χ3v) is 3.13. The van der Waals surface area contributed by atoms with Gasteiger partial charge in [-0.05, 0) is 18.6 Å². The normalized spacial score (nSPS) is 13.7. The molecule has 0 atom stereocenters. The molecule has 6 nitrogen and oxygen atoms in total. The lowest BCUT2D eigenvalue weighted by Gasteiger charge is -2.19. The van der Waals surface area contributed by atoms with Gasteiger partial charge in [0.25, 0.3) is 0 Å². The first kappa shape index (κ1) is 11.3. The molecule has 2 aromatic rings. The molecule has 3 rings (SSSR count). The maximum Gasteiger partial charge on any atom is 0.350 e. The van der Waals surface area contributed by atoms with E-state index >= 15 is 0 Å². The quantitative estimate of drug-likeness (QED) is 0.490. The van der Waals surface area contributed by atoms with Gasteiger partial charge in [-0.15, -0.1) is 0 Å². The van der Waals surface area contributed by atoms with E-state index in [0.717, 1.165) is 6.07 Å². The number of hydrogen-bond donors (Lipinski definition) is 3. The van der Waals surface area contributed by atoms with Gasteiger partial charge in [0.05, 0.1) is 0 Å². The lowest BCUT2D eigenvalue weighted by atomic mass is 9.92. The summed E-state index contributed by atoms with van der Waals surface area (Å²) >= 11 is 0. The number of carbonyl (C=O) groups is 2. The van der Waals surface area contributed by atoms with Crippen LogP contribution in [-0.4, -0.2) is 27.3 Å². The molecule has 0 saturated carbocycles. The summed E-state index contributed by atoms with van der Waals surface area (Å²) in [7, 11) is 0. The number of carbonyl (C=O) groups excluding carboxylic acids is 2. The number of benzene rings is 2. The number of rotatable bonds is 0. The van der Waals surface area contributed by atoms with Crippen LogP contribution in [0.1, 0.15) is 26.3 Å². The minimum Gasteiger partial charge on any atom is -0.507 e. The molecule has 1 aliphatic rings. The van der Waals surface area contributed by atoms with Crippen LogP contribution in [0.2, 0.25) is 0 Å². The number of phenols is 3. The lowest BCUT2D eigenvalue weighted by molar-refractivity contribution is 0.0387. The van der Waals surface area contributed by atoms with Crippen molar-refractivity contribution in [3.05, 3.63) is 28.8 Å². The SMILES string of the molecule is Cc1cc(O)c2c3c(c(O)cc(O)c13)C(=O)OC2=O. The highest BCUT2D eigenvalue weighted by Gasteiger charge is 2.34. The molecule has 6 heteroatoms. The average molecular weight is 260 g/mol. The van der Waals surface area contributed by atoms with Gasteiger partial charge in [0.1, 0.15) is 28.4 Å². The van der Waals surface area contributed by atoms with Crippen molar-refractivity contribution < 1.29 is 29.6 Å². The molecule has 0 bridgehead atoms. The summed E-state index contributed by atoms with van der Waals surface area (Å²) in [5.41, 5.74) is 0.000278. The third kappa shape index (κ3) is 1.31. The smallest absolute Gasteiger partial charge is 0.350 e. The van der Waals surface area contributed by atoms with Crippen molar-refractivity contribution in [2.45, 2.75) is 6.92 Å². The Morgan fingerprint density at radius 2 is 1.37 bits per heavy atom. The van der Waals surface area contributed by atoms with Gasteiger partial charge in [-0.2, -0.15) is 0 Å². The van der Waals surface area contributed by atoms with Crippen molar-refractivity contribution in [2.75, 3.05) is 0 Å². The van der Waals surface area contributed by atoms with Gasteiger partial charge in [-0.3, -0.25) is 0 Å². The van der Waals surface area contributed by atoms with Crippen molar-refractivity contribution in [2.24, 2.45) is 0 Å². The minimum atomic E-state index is -1.01. The molecule has 1 heterocycles. The second-order valence-corrected chi connectivity index (χ2v) is 4.30. The van der Waals surface area contributed by atoms with Crippen LogP contribution in [0.5, 0.6) is 17.2 Å². The Hall–Kier alpha value is -2.76. The topological polar surface area (TPSA) is 104 Å². The van der Waals surface area contributed by atoms with E-state index in [1.54, 1.807) is 6.92 Å². The Balaban J connectivity index is 2.68. The van der Waals surface area contributed by atoms with E-state index < -0.39 is 17.7 Å². The molecule has 96 valence electrons. The van der Waals surface area contributed by atoms with E-state index in [9.17, 15) is 24.9 Å². The minimum absolute atomic E-state index is 0.0104. The van der Waals surface area contributed by atoms with Crippen LogP contribution in [0.3, 0.4) is 0 Å². The van der Waals surface area contributed by atoms with Gasteiger partial charge in [-0.25, -0.2) is 9.59 Å². The number of esters is 2. The Bertz CT molecular complexity index is 714. The van der Waals surface area contributed by atoms with Crippen molar-refractivity contribution in [3.63, 3.8) is 0 Å². The fourth-order valence-corrected chi connectivity index (χ4v) is 2.38. The van der Waals surface area contributed by atoms with Crippen molar-refractivity contribution >= 4 is 22.7 Å². The van der Waals surface area contributed by atoms with E-state index in [1.165, 1.54) is 6.07 Å². The molecule has 2 aromatic carbocycles. The van der Waals surface area contributed by atoms with Gasteiger partial charge in [0.15, 0.2) is 0 Å². The van der Waals surface area contributed by atoms with E-state index in [2.05, 4.69) is 4.74 Å². The van der Waals surface area contributed by atoms with Gasteiger partial charge >= 0.3 is 11.9 Å². The highest BCUT2D eigenvalue weighted by atomic mass is 16.6. The number of aryl methyl sites for hydroxylation is 1. The van der Waals surface area contributed by atoms with Gasteiger partial charge in [0.2, 0.25) is 0 Å².